The molecule has 1 N–H and O–H groups in total. The van der Waals surface area contributed by atoms with Crippen molar-refractivity contribution in [1.82, 2.24) is 20.0 Å². The van der Waals surface area contributed by atoms with Crippen LogP contribution < -0.4 is 5.32 Å². The molecule has 0 radical (unpaired) electrons. The molecule has 0 unspecified atom stereocenters. The maximum Gasteiger partial charge on any atom is 0.338 e. The number of ether oxygens (including phenoxy) is 1. The first-order valence-corrected chi connectivity index (χ1v) is 11.4. The largest absolute Gasteiger partial charge is 0.463 e. The molecule has 32 heavy (non-hydrogen) atoms. The Labute approximate surface area is 198 Å². The fraction of sp³-hybridized carbons (Fsp3) is 0.500. The number of piperazine rings is 1. The van der Waals surface area contributed by atoms with Crippen molar-refractivity contribution < 1.29 is 19.1 Å². The Kier molecular flexibility index (Phi) is 8.03. The average Bonchev–Trinajstić information content (AvgIpc) is 2.74. The number of benzene rings is 1. The van der Waals surface area contributed by atoms with Gasteiger partial charge in [-0.2, -0.15) is 0 Å². The summed E-state index contributed by atoms with van der Waals surface area (Å²) in [6, 6.07) is 3.89. The Morgan fingerprint density at radius 2 is 1.84 bits per heavy atom. The molecular weight excluding hydrogens is 455 g/mol. The molecule has 2 aliphatic rings. The van der Waals surface area contributed by atoms with Gasteiger partial charge in [0, 0.05) is 61.9 Å². The molecule has 1 aromatic rings. The lowest BCUT2D eigenvalue weighted by atomic mass is 9.94. The van der Waals surface area contributed by atoms with Crippen LogP contribution in [0.3, 0.4) is 0 Å². The minimum atomic E-state index is -0.761. The van der Waals surface area contributed by atoms with Crippen LogP contribution in [0.5, 0.6) is 0 Å². The van der Waals surface area contributed by atoms with E-state index in [-0.39, 0.29) is 18.5 Å². The predicted octanol–water partition coefficient (Wildman–Crippen LogP) is 3.06. The zero-order valence-corrected chi connectivity index (χ0v) is 20.0. The van der Waals surface area contributed by atoms with Crippen molar-refractivity contribution in [3.8, 4) is 0 Å². The molecule has 0 aliphatic carbocycles. The highest BCUT2D eigenvalue weighted by Gasteiger charge is 2.39. The Morgan fingerprint density at radius 3 is 2.41 bits per heavy atom. The van der Waals surface area contributed by atoms with E-state index in [1.165, 1.54) is 0 Å². The van der Waals surface area contributed by atoms with Crippen LogP contribution >= 0.6 is 23.2 Å². The van der Waals surface area contributed by atoms with Gasteiger partial charge in [0.05, 0.1) is 18.2 Å². The fourth-order valence-electron chi connectivity index (χ4n) is 4.06. The lowest BCUT2D eigenvalue weighted by Crippen LogP contribution is -2.53. The zero-order chi connectivity index (χ0) is 23.4. The van der Waals surface area contributed by atoms with E-state index >= 15 is 0 Å². The van der Waals surface area contributed by atoms with E-state index in [0.717, 1.165) is 0 Å². The highest BCUT2D eigenvalue weighted by molar-refractivity contribution is 6.35. The monoisotopic (exact) mass is 482 g/mol. The molecule has 1 aromatic carbocycles. The van der Waals surface area contributed by atoms with Crippen molar-refractivity contribution in [1.29, 1.82) is 0 Å². The Bertz CT molecular complexity index is 929. The molecule has 0 saturated carbocycles. The maximum absolute atomic E-state index is 13.1. The van der Waals surface area contributed by atoms with Gasteiger partial charge < -0.3 is 15.0 Å². The molecule has 1 atom stereocenters. The molecular formula is C22H28Cl2N4O4. The van der Waals surface area contributed by atoms with Gasteiger partial charge in [-0.1, -0.05) is 29.3 Å². The normalized spacial score (nSPS) is 19.8. The van der Waals surface area contributed by atoms with Gasteiger partial charge >= 0.3 is 12.0 Å². The van der Waals surface area contributed by atoms with Crippen LogP contribution in [0.15, 0.2) is 29.5 Å². The number of hydrogen-bond acceptors (Lipinski definition) is 5. The number of nitrogens with one attached hydrogen (secondary N) is 1. The van der Waals surface area contributed by atoms with Gasteiger partial charge in [-0.3, -0.25) is 14.6 Å². The lowest BCUT2D eigenvalue weighted by Gasteiger charge is -2.40. The summed E-state index contributed by atoms with van der Waals surface area (Å²) in [7, 11) is 0. The van der Waals surface area contributed by atoms with Crippen LogP contribution in [0, 0.1) is 0 Å². The molecule has 8 nitrogen and oxygen atoms in total. The first-order chi connectivity index (χ1) is 15.3. The van der Waals surface area contributed by atoms with Crippen molar-refractivity contribution in [2.24, 2.45) is 0 Å². The van der Waals surface area contributed by atoms with Crippen molar-refractivity contribution in [2.75, 3.05) is 45.9 Å². The van der Waals surface area contributed by atoms with Crippen LogP contribution in [0.25, 0.3) is 0 Å². The van der Waals surface area contributed by atoms with E-state index in [1.807, 2.05) is 6.92 Å². The Hall–Kier alpha value is -2.29. The third kappa shape index (κ3) is 5.19. The topological polar surface area (TPSA) is 82.2 Å². The van der Waals surface area contributed by atoms with Crippen molar-refractivity contribution in [3.05, 3.63) is 45.1 Å². The zero-order valence-electron chi connectivity index (χ0n) is 18.5. The Morgan fingerprint density at radius 1 is 1.16 bits per heavy atom. The van der Waals surface area contributed by atoms with Crippen molar-refractivity contribution in [3.63, 3.8) is 0 Å². The summed E-state index contributed by atoms with van der Waals surface area (Å²) in [6.45, 7) is 8.60. The van der Waals surface area contributed by atoms with E-state index in [1.54, 1.807) is 41.8 Å². The van der Waals surface area contributed by atoms with Gasteiger partial charge in [-0.05, 0) is 31.5 Å². The number of esters is 1. The number of amides is 3. The average molecular weight is 483 g/mol. The number of likely N-dealkylation sites (N-methyl/N-ethyl adjacent to an activating group) is 1. The molecule has 174 valence electrons. The highest BCUT2D eigenvalue weighted by Crippen LogP contribution is 2.36. The fourth-order valence-corrected chi connectivity index (χ4v) is 4.58. The highest BCUT2D eigenvalue weighted by atomic mass is 35.5. The van der Waals surface area contributed by atoms with E-state index in [9.17, 15) is 14.4 Å². The molecule has 3 amide bonds. The SMILES string of the molecule is CCOC(=O)C1=C(CN2CCN(C(C)=O)CC2)N(CC)C(=O)N[C@@H]1c1ccc(Cl)cc1Cl. The van der Waals surface area contributed by atoms with E-state index < -0.39 is 12.0 Å². The summed E-state index contributed by atoms with van der Waals surface area (Å²) < 4.78 is 5.38. The van der Waals surface area contributed by atoms with Gasteiger partial charge in [0.1, 0.15) is 0 Å². The molecule has 0 aromatic heterocycles. The van der Waals surface area contributed by atoms with Crippen LogP contribution in [0.2, 0.25) is 10.0 Å². The summed E-state index contributed by atoms with van der Waals surface area (Å²) in [5.41, 5.74) is 1.51. The smallest absolute Gasteiger partial charge is 0.338 e. The Balaban J connectivity index is 2.03. The number of hydrogen-bond donors (Lipinski definition) is 1. The van der Waals surface area contributed by atoms with E-state index in [2.05, 4.69) is 10.2 Å². The van der Waals surface area contributed by atoms with Crippen molar-refractivity contribution in [2.45, 2.75) is 26.8 Å². The standard InChI is InChI=1S/C22H28Cl2N4O4/c1-4-28-18(13-26-8-10-27(11-9-26)14(3)29)19(21(30)32-5-2)20(25-22(28)31)16-7-6-15(23)12-17(16)24/h6-7,12,20H,4-5,8-11,13H2,1-3H3,(H,25,31)/t20-/m1/s1. The first-order valence-electron chi connectivity index (χ1n) is 10.7. The van der Waals surface area contributed by atoms with Crippen LogP contribution in [0.1, 0.15) is 32.4 Å². The molecule has 1 fully saturated rings. The molecule has 1 saturated heterocycles. The number of nitrogens with zero attached hydrogens (tertiary/aromatic N) is 3. The number of carbonyl (C=O) groups excluding carboxylic acids is 3. The third-order valence-corrected chi connectivity index (χ3v) is 6.28. The maximum atomic E-state index is 13.1. The van der Waals surface area contributed by atoms with Gasteiger partial charge in [0.25, 0.3) is 0 Å². The van der Waals surface area contributed by atoms with Crippen LogP contribution in [0.4, 0.5) is 4.79 Å². The number of rotatable bonds is 6. The molecule has 2 heterocycles. The minimum absolute atomic E-state index is 0.0424. The second-order valence-electron chi connectivity index (χ2n) is 7.66. The molecule has 10 heteroatoms. The second-order valence-corrected chi connectivity index (χ2v) is 8.50. The van der Waals surface area contributed by atoms with Crippen LogP contribution in [-0.2, 0) is 14.3 Å². The molecule has 0 spiro atoms. The molecule has 2 aliphatic heterocycles. The molecule has 0 bridgehead atoms. The quantitative estimate of drug-likeness (QED) is 0.630. The van der Waals surface area contributed by atoms with Crippen LogP contribution in [-0.4, -0.2) is 78.5 Å². The minimum Gasteiger partial charge on any atom is -0.463 e. The summed E-state index contributed by atoms with van der Waals surface area (Å²) >= 11 is 12.5. The first kappa shape index (κ1) is 24.4. The summed E-state index contributed by atoms with van der Waals surface area (Å²) in [4.78, 5) is 43.3. The number of halogens is 2. The third-order valence-electron chi connectivity index (χ3n) is 5.71. The van der Waals surface area contributed by atoms with Gasteiger partial charge in [-0.25, -0.2) is 9.59 Å². The van der Waals surface area contributed by atoms with Crippen molar-refractivity contribution >= 4 is 41.1 Å². The summed E-state index contributed by atoms with van der Waals surface area (Å²) in [5.74, 6) is -0.458. The lowest BCUT2D eigenvalue weighted by molar-refractivity contribution is -0.139. The number of carbonyl (C=O) groups is 3. The van der Waals surface area contributed by atoms with E-state index in [4.69, 9.17) is 27.9 Å². The summed E-state index contributed by atoms with van der Waals surface area (Å²) in [6.07, 6.45) is 0. The van der Waals surface area contributed by atoms with Gasteiger partial charge in [-0.15, -0.1) is 0 Å². The van der Waals surface area contributed by atoms with Gasteiger partial charge in [0.2, 0.25) is 5.91 Å². The predicted molar refractivity (Wildman–Crippen MR) is 122 cm³/mol. The van der Waals surface area contributed by atoms with Gasteiger partial charge in [0.15, 0.2) is 0 Å². The number of urea groups is 1. The van der Waals surface area contributed by atoms with E-state index in [0.29, 0.717) is 66.1 Å². The summed E-state index contributed by atoms with van der Waals surface area (Å²) in [5, 5.41) is 3.71. The second kappa shape index (κ2) is 10.6. The molecule has 3 rings (SSSR count).